The van der Waals surface area contributed by atoms with E-state index in [9.17, 15) is 14.3 Å². The number of benzene rings is 2. The van der Waals surface area contributed by atoms with Crippen molar-refractivity contribution in [1.29, 1.82) is 0 Å². The van der Waals surface area contributed by atoms with Crippen LogP contribution in [-0.2, 0) is 13.1 Å². The van der Waals surface area contributed by atoms with E-state index in [1.165, 1.54) is 30.3 Å². The molecule has 0 amide bonds. The normalized spacial score (nSPS) is 16.1. The first-order valence-electron chi connectivity index (χ1n) is 11.2. The zero-order valence-electron chi connectivity index (χ0n) is 18.9. The minimum absolute atomic E-state index is 0.163. The van der Waals surface area contributed by atoms with Crippen LogP contribution in [0.2, 0.25) is 0 Å². The summed E-state index contributed by atoms with van der Waals surface area (Å²) in [6.07, 6.45) is 4.00. The smallest absolute Gasteiger partial charge is 0.264 e. The number of hydrogen-bond acceptors (Lipinski definition) is 6. The van der Waals surface area contributed by atoms with Crippen LogP contribution in [0.1, 0.15) is 18.4 Å². The maximum absolute atomic E-state index is 14.0. The number of ether oxygens (including phenoxy) is 1. The third kappa shape index (κ3) is 4.32. The SMILES string of the molecule is COc1ccc(CN2CCC(O)(Cn3cnc4c(cnn4-c4ccccc4)c3=O)CC2)cc1F. The lowest BCUT2D eigenvalue weighted by atomic mass is 9.91. The lowest BCUT2D eigenvalue weighted by Gasteiger charge is -2.38. The quantitative estimate of drug-likeness (QED) is 0.473. The summed E-state index contributed by atoms with van der Waals surface area (Å²) < 4.78 is 22.1. The van der Waals surface area contributed by atoms with E-state index in [0.717, 1.165) is 11.3 Å². The number of aliphatic hydroxyl groups is 1. The Morgan fingerprint density at radius 1 is 1.15 bits per heavy atom. The number of hydrogen-bond donors (Lipinski definition) is 1. The Balaban J connectivity index is 1.27. The molecule has 0 radical (unpaired) electrons. The molecule has 0 unspecified atom stereocenters. The first kappa shape index (κ1) is 22.2. The minimum atomic E-state index is -1.02. The van der Waals surface area contributed by atoms with E-state index < -0.39 is 5.60 Å². The Kier molecular flexibility index (Phi) is 5.89. The van der Waals surface area contributed by atoms with Crippen LogP contribution in [-0.4, -0.2) is 55.1 Å². The molecule has 0 spiro atoms. The number of halogens is 1. The Labute approximate surface area is 195 Å². The summed E-state index contributed by atoms with van der Waals surface area (Å²) >= 11 is 0. The van der Waals surface area contributed by atoms with Crippen molar-refractivity contribution in [2.75, 3.05) is 20.2 Å². The zero-order valence-corrected chi connectivity index (χ0v) is 18.9. The summed E-state index contributed by atoms with van der Waals surface area (Å²) in [6, 6.07) is 14.5. The molecule has 0 bridgehead atoms. The van der Waals surface area contributed by atoms with E-state index in [1.54, 1.807) is 10.7 Å². The van der Waals surface area contributed by atoms with E-state index in [2.05, 4.69) is 15.0 Å². The van der Waals surface area contributed by atoms with Crippen molar-refractivity contribution in [1.82, 2.24) is 24.2 Å². The number of fused-ring (bicyclic) bond motifs is 1. The summed E-state index contributed by atoms with van der Waals surface area (Å²) in [5.41, 5.74) is 0.920. The first-order chi connectivity index (χ1) is 16.5. The van der Waals surface area contributed by atoms with Crippen LogP contribution >= 0.6 is 0 Å². The monoisotopic (exact) mass is 463 g/mol. The predicted octanol–water partition coefficient (Wildman–Crippen LogP) is 2.76. The summed E-state index contributed by atoms with van der Waals surface area (Å²) in [5, 5.41) is 15.9. The van der Waals surface area contributed by atoms with Crippen molar-refractivity contribution >= 4 is 11.0 Å². The van der Waals surface area contributed by atoms with Gasteiger partial charge in [-0.25, -0.2) is 14.1 Å². The van der Waals surface area contributed by atoms with Gasteiger partial charge >= 0.3 is 0 Å². The minimum Gasteiger partial charge on any atom is -0.494 e. The molecular formula is C25H26FN5O3. The fraction of sp³-hybridized carbons (Fsp3) is 0.320. The van der Waals surface area contributed by atoms with Crippen molar-refractivity contribution in [3.8, 4) is 11.4 Å². The zero-order chi connectivity index (χ0) is 23.7. The maximum atomic E-state index is 14.0. The highest BCUT2D eigenvalue weighted by Crippen LogP contribution is 2.26. The van der Waals surface area contributed by atoms with Crippen LogP contribution in [0.25, 0.3) is 16.7 Å². The molecule has 3 heterocycles. The Bertz CT molecular complexity index is 1360. The van der Waals surface area contributed by atoms with Gasteiger partial charge in [0, 0.05) is 19.6 Å². The molecule has 1 saturated heterocycles. The number of piperidine rings is 1. The molecular weight excluding hydrogens is 437 g/mol. The fourth-order valence-electron chi connectivity index (χ4n) is 4.49. The van der Waals surface area contributed by atoms with Gasteiger partial charge in [0.25, 0.3) is 5.56 Å². The highest BCUT2D eigenvalue weighted by molar-refractivity contribution is 5.74. The van der Waals surface area contributed by atoms with Crippen LogP contribution < -0.4 is 10.3 Å². The van der Waals surface area contributed by atoms with Gasteiger partial charge in [-0.05, 0) is 42.7 Å². The van der Waals surface area contributed by atoms with E-state index in [0.29, 0.717) is 43.5 Å². The summed E-state index contributed by atoms with van der Waals surface area (Å²) in [6.45, 7) is 2.03. The molecule has 4 aromatic rings. The van der Waals surface area contributed by atoms with E-state index >= 15 is 0 Å². The number of rotatable bonds is 6. The van der Waals surface area contributed by atoms with Gasteiger partial charge in [0.1, 0.15) is 11.7 Å². The van der Waals surface area contributed by atoms with E-state index in [-0.39, 0.29) is 23.7 Å². The number of aromatic nitrogens is 4. The number of para-hydroxylation sites is 1. The molecule has 1 aliphatic rings. The summed E-state index contributed by atoms with van der Waals surface area (Å²) in [7, 11) is 1.44. The second-order valence-corrected chi connectivity index (χ2v) is 8.78. The van der Waals surface area contributed by atoms with Crippen molar-refractivity contribution in [2.45, 2.75) is 31.5 Å². The number of likely N-dealkylation sites (tertiary alicyclic amines) is 1. The highest BCUT2D eigenvalue weighted by atomic mass is 19.1. The standard InChI is InChI=1S/C25H26FN5O3/c1-34-22-8-7-18(13-21(22)26)15-29-11-9-25(33,10-12-29)16-30-17-27-23-20(24(30)32)14-28-31(23)19-5-3-2-4-6-19/h2-8,13-14,17,33H,9-12,15-16H2,1H3. The van der Waals surface area contributed by atoms with Crippen molar-refractivity contribution in [3.05, 3.63) is 82.8 Å². The average molecular weight is 464 g/mol. The van der Waals surface area contributed by atoms with Gasteiger partial charge in [0.15, 0.2) is 17.2 Å². The molecule has 1 fully saturated rings. The van der Waals surface area contributed by atoms with Gasteiger partial charge in [-0.1, -0.05) is 24.3 Å². The molecule has 8 nitrogen and oxygen atoms in total. The molecule has 2 aromatic carbocycles. The molecule has 2 aromatic heterocycles. The topological polar surface area (TPSA) is 85.4 Å². The summed E-state index contributed by atoms with van der Waals surface area (Å²) in [4.78, 5) is 19.7. The van der Waals surface area contributed by atoms with Crippen LogP contribution in [0.15, 0.2) is 65.8 Å². The van der Waals surface area contributed by atoms with Gasteiger partial charge in [0.2, 0.25) is 0 Å². The van der Waals surface area contributed by atoms with Gasteiger partial charge < -0.3 is 9.84 Å². The number of nitrogens with zero attached hydrogens (tertiary/aromatic N) is 5. The van der Waals surface area contributed by atoms with Gasteiger partial charge in [-0.15, -0.1) is 0 Å². The van der Waals surface area contributed by atoms with E-state index in [4.69, 9.17) is 4.74 Å². The highest BCUT2D eigenvalue weighted by Gasteiger charge is 2.33. The lowest BCUT2D eigenvalue weighted by molar-refractivity contribution is -0.0365. The molecule has 5 rings (SSSR count). The molecule has 34 heavy (non-hydrogen) atoms. The third-order valence-electron chi connectivity index (χ3n) is 6.43. The molecule has 1 N–H and O–H groups in total. The van der Waals surface area contributed by atoms with Gasteiger partial charge in [-0.3, -0.25) is 14.3 Å². The number of methoxy groups -OCH3 is 1. The fourth-order valence-corrected chi connectivity index (χ4v) is 4.49. The largest absolute Gasteiger partial charge is 0.494 e. The average Bonchev–Trinajstić information content (AvgIpc) is 3.28. The second kappa shape index (κ2) is 9.00. The lowest BCUT2D eigenvalue weighted by Crippen LogP contribution is -2.47. The van der Waals surface area contributed by atoms with Crippen LogP contribution in [0.5, 0.6) is 5.75 Å². The molecule has 0 atom stereocenters. The Hall–Kier alpha value is -3.56. The first-order valence-corrected chi connectivity index (χ1v) is 11.2. The van der Waals surface area contributed by atoms with Crippen molar-refractivity contribution in [2.24, 2.45) is 0 Å². The molecule has 0 aliphatic carbocycles. The van der Waals surface area contributed by atoms with Gasteiger partial charge in [0.05, 0.1) is 31.1 Å². The van der Waals surface area contributed by atoms with Crippen molar-refractivity contribution in [3.63, 3.8) is 0 Å². The van der Waals surface area contributed by atoms with E-state index in [1.807, 2.05) is 36.4 Å². The van der Waals surface area contributed by atoms with Crippen LogP contribution in [0.4, 0.5) is 4.39 Å². The predicted molar refractivity (Wildman–Crippen MR) is 126 cm³/mol. The molecule has 176 valence electrons. The van der Waals surface area contributed by atoms with Crippen LogP contribution in [0, 0.1) is 5.82 Å². The molecule has 0 saturated carbocycles. The van der Waals surface area contributed by atoms with Gasteiger partial charge in [-0.2, -0.15) is 5.10 Å². The summed E-state index contributed by atoms with van der Waals surface area (Å²) in [5.74, 6) is -0.159. The van der Waals surface area contributed by atoms with Crippen molar-refractivity contribution < 1.29 is 14.2 Å². The Morgan fingerprint density at radius 2 is 1.91 bits per heavy atom. The second-order valence-electron chi connectivity index (χ2n) is 8.78. The maximum Gasteiger partial charge on any atom is 0.264 e. The molecule has 9 heteroatoms. The molecule has 1 aliphatic heterocycles. The third-order valence-corrected chi connectivity index (χ3v) is 6.43. The van der Waals surface area contributed by atoms with Crippen LogP contribution in [0.3, 0.4) is 0 Å². The Morgan fingerprint density at radius 3 is 2.62 bits per heavy atom.